The molecule has 90 valence electrons. The molecule has 17 heavy (non-hydrogen) atoms. The van der Waals surface area contributed by atoms with Gasteiger partial charge in [0.15, 0.2) is 0 Å². The molecule has 1 aromatic rings. The van der Waals surface area contributed by atoms with Crippen LogP contribution in [0.25, 0.3) is 0 Å². The van der Waals surface area contributed by atoms with Crippen LogP contribution in [0.2, 0.25) is 0 Å². The molecule has 1 heterocycles. The van der Waals surface area contributed by atoms with E-state index in [1.165, 1.54) is 30.4 Å². The number of benzene rings is 1. The van der Waals surface area contributed by atoms with Crippen LogP contribution in [0.1, 0.15) is 24.0 Å². The van der Waals surface area contributed by atoms with Crippen molar-refractivity contribution in [2.75, 3.05) is 6.61 Å². The number of rotatable bonds is 3. The Hall–Kier alpha value is -1.64. The van der Waals surface area contributed by atoms with E-state index in [4.69, 9.17) is 10.5 Å². The van der Waals surface area contributed by atoms with Crippen molar-refractivity contribution in [1.29, 1.82) is 0 Å². The number of nitrogens with two attached hydrogens (primary N) is 1. The SMILES string of the molecule is NC1=CCC(COc2ccc3c(c2)CCC3)N1. The van der Waals surface area contributed by atoms with Crippen molar-refractivity contribution >= 4 is 0 Å². The maximum absolute atomic E-state index is 5.81. The number of nitrogens with one attached hydrogen (secondary N) is 1. The van der Waals surface area contributed by atoms with Gasteiger partial charge in [0.2, 0.25) is 0 Å². The molecule has 1 atom stereocenters. The Labute approximate surface area is 102 Å². The Morgan fingerprint density at radius 3 is 3.00 bits per heavy atom. The Morgan fingerprint density at radius 1 is 1.29 bits per heavy atom. The van der Waals surface area contributed by atoms with Gasteiger partial charge in [0.1, 0.15) is 12.4 Å². The first-order valence-corrected chi connectivity index (χ1v) is 6.28. The van der Waals surface area contributed by atoms with Crippen LogP contribution in [0.3, 0.4) is 0 Å². The lowest BCUT2D eigenvalue weighted by atomic mass is 10.1. The molecule has 1 aliphatic carbocycles. The average Bonchev–Trinajstić information content (AvgIpc) is 2.94. The molecule has 0 saturated carbocycles. The van der Waals surface area contributed by atoms with E-state index in [0.717, 1.165) is 18.0 Å². The van der Waals surface area contributed by atoms with Gasteiger partial charge in [-0.3, -0.25) is 0 Å². The van der Waals surface area contributed by atoms with Gasteiger partial charge in [0.05, 0.1) is 11.9 Å². The quantitative estimate of drug-likeness (QED) is 0.831. The third-order valence-electron chi connectivity index (χ3n) is 3.51. The molecular weight excluding hydrogens is 212 g/mol. The van der Waals surface area contributed by atoms with Gasteiger partial charge in [-0.2, -0.15) is 0 Å². The molecular formula is C14H18N2O. The molecule has 1 unspecified atom stereocenters. The predicted octanol–water partition coefficient (Wildman–Crippen LogP) is 1.72. The lowest BCUT2D eigenvalue weighted by Crippen LogP contribution is -2.31. The highest BCUT2D eigenvalue weighted by atomic mass is 16.5. The molecule has 0 bridgehead atoms. The fourth-order valence-electron chi connectivity index (χ4n) is 2.57. The molecule has 0 aromatic heterocycles. The predicted molar refractivity (Wildman–Crippen MR) is 67.8 cm³/mol. The first kappa shape index (κ1) is 10.5. The van der Waals surface area contributed by atoms with E-state index in [1.807, 2.05) is 6.08 Å². The highest BCUT2D eigenvalue weighted by Crippen LogP contribution is 2.26. The van der Waals surface area contributed by atoms with E-state index in [9.17, 15) is 0 Å². The van der Waals surface area contributed by atoms with Crippen LogP contribution in [0.5, 0.6) is 5.75 Å². The monoisotopic (exact) mass is 230 g/mol. The van der Waals surface area contributed by atoms with Gasteiger partial charge in [0.25, 0.3) is 0 Å². The van der Waals surface area contributed by atoms with E-state index in [-0.39, 0.29) is 0 Å². The molecule has 3 nitrogen and oxygen atoms in total. The van der Waals surface area contributed by atoms with Gasteiger partial charge in [-0.1, -0.05) is 6.07 Å². The minimum absolute atomic E-state index is 0.322. The Morgan fingerprint density at radius 2 is 2.18 bits per heavy atom. The Kier molecular flexibility index (Phi) is 2.67. The molecule has 1 aliphatic heterocycles. The van der Waals surface area contributed by atoms with E-state index >= 15 is 0 Å². The van der Waals surface area contributed by atoms with Crippen LogP contribution >= 0.6 is 0 Å². The maximum Gasteiger partial charge on any atom is 0.119 e. The van der Waals surface area contributed by atoms with Gasteiger partial charge in [0, 0.05) is 0 Å². The van der Waals surface area contributed by atoms with Crippen molar-refractivity contribution < 1.29 is 4.74 Å². The summed E-state index contributed by atoms with van der Waals surface area (Å²) in [5, 5.41) is 3.19. The second-order valence-corrected chi connectivity index (χ2v) is 4.83. The van der Waals surface area contributed by atoms with Gasteiger partial charge in [-0.15, -0.1) is 0 Å². The number of hydrogen-bond acceptors (Lipinski definition) is 3. The summed E-state index contributed by atoms with van der Waals surface area (Å²) < 4.78 is 5.81. The van der Waals surface area contributed by atoms with Crippen LogP contribution in [0.4, 0.5) is 0 Å². The summed E-state index contributed by atoms with van der Waals surface area (Å²) in [7, 11) is 0. The first-order chi connectivity index (χ1) is 8.31. The molecule has 3 heteroatoms. The molecule has 0 amide bonds. The van der Waals surface area contributed by atoms with Crippen molar-refractivity contribution in [2.45, 2.75) is 31.7 Å². The van der Waals surface area contributed by atoms with Crippen LogP contribution in [-0.2, 0) is 12.8 Å². The fourth-order valence-corrected chi connectivity index (χ4v) is 2.57. The zero-order valence-corrected chi connectivity index (χ0v) is 9.91. The second-order valence-electron chi connectivity index (χ2n) is 4.83. The van der Waals surface area contributed by atoms with Crippen LogP contribution in [-0.4, -0.2) is 12.6 Å². The molecule has 3 N–H and O–H groups in total. The third kappa shape index (κ3) is 2.23. The molecule has 0 radical (unpaired) electrons. The van der Waals surface area contributed by atoms with Crippen molar-refractivity contribution in [3.63, 3.8) is 0 Å². The van der Waals surface area contributed by atoms with E-state index in [0.29, 0.717) is 12.6 Å². The van der Waals surface area contributed by atoms with Crippen LogP contribution in [0, 0.1) is 0 Å². The summed E-state index contributed by atoms with van der Waals surface area (Å²) in [4.78, 5) is 0. The standard InChI is InChI=1S/C14H18N2O/c15-14-7-5-12(16-14)9-17-13-6-4-10-2-1-3-11(10)8-13/h4,6-8,12,16H,1-3,5,9,15H2. The highest BCUT2D eigenvalue weighted by Gasteiger charge is 2.15. The molecule has 0 spiro atoms. The van der Waals surface area contributed by atoms with E-state index < -0.39 is 0 Å². The second kappa shape index (κ2) is 4.32. The number of aryl methyl sites for hydroxylation is 2. The van der Waals surface area contributed by atoms with Crippen molar-refractivity contribution in [3.05, 3.63) is 41.2 Å². The molecule has 0 saturated heterocycles. The highest BCUT2D eigenvalue weighted by molar-refractivity contribution is 5.38. The first-order valence-electron chi connectivity index (χ1n) is 6.28. The largest absolute Gasteiger partial charge is 0.491 e. The molecule has 2 aliphatic rings. The molecule has 0 fully saturated rings. The zero-order valence-electron chi connectivity index (χ0n) is 9.91. The van der Waals surface area contributed by atoms with Gasteiger partial charge < -0.3 is 15.8 Å². The average molecular weight is 230 g/mol. The summed E-state index contributed by atoms with van der Waals surface area (Å²) >= 11 is 0. The summed E-state index contributed by atoms with van der Waals surface area (Å²) in [6.07, 6.45) is 6.67. The summed E-state index contributed by atoms with van der Waals surface area (Å²) in [5.41, 5.74) is 8.61. The lowest BCUT2D eigenvalue weighted by Gasteiger charge is -2.14. The van der Waals surface area contributed by atoms with Crippen molar-refractivity contribution in [2.24, 2.45) is 5.73 Å². The minimum Gasteiger partial charge on any atom is -0.491 e. The topological polar surface area (TPSA) is 47.3 Å². The lowest BCUT2D eigenvalue weighted by molar-refractivity contribution is 0.278. The Balaban J connectivity index is 1.59. The number of ether oxygens (including phenoxy) is 1. The van der Waals surface area contributed by atoms with E-state index in [2.05, 4.69) is 23.5 Å². The molecule has 1 aromatic carbocycles. The zero-order chi connectivity index (χ0) is 11.7. The normalized spacial score (nSPS) is 21.9. The van der Waals surface area contributed by atoms with Crippen LogP contribution in [0.15, 0.2) is 30.1 Å². The Bertz CT molecular complexity index is 454. The van der Waals surface area contributed by atoms with Crippen molar-refractivity contribution in [3.8, 4) is 5.75 Å². The number of fused-ring (bicyclic) bond motifs is 1. The molecule has 3 rings (SSSR count). The summed E-state index contributed by atoms with van der Waals surface area (Å²) in [6.45, 7) is 0.677. The maximum atomic E-state index is 5.81. The van der Waals surface area contributed by atoms with Gasteiger partial charge >= 0.3 is 0 Å². The van der Waals surface area contributed by atoms with E-state index in [1.54, 1.807) is 0 Å². The fraction of sp³-hybridized carbons (Fsp3) is 0.429. The van der Waals surface area contributed by atoms with Gasteiger partial charge in [-0.05, 0) is 55.0 Å². The minimum atomic E-state index is 0.322. The van der Waals surface area contributed by atoms with Crippen LogP contribution < -0.4 is 15.8 Å². The van der Waals surface area contributed by atoms with Crippen molar-refractivity contribution in [1.82, 2.24) is 5.32 Å². The number of hydrogen-bond donors (Lipinski definition) is 2. The summed E-state index contributed by atoms with van der Waals surface area (Å²) in [5.74, 6) is 1.76. The van der Waals surface area contributed by atoms with Gasteiger partial charge in [-0.25, -0.2) is 0 Å². The smallest absolute Gasteiger partial charge is 0.119 e. The summed E-state index contributed by atoms with van der Waals surface area (Å²) in [6, 6.07) is 6.79. The third-order valence-corrected chi connectivity index (χ3v) is 3.51.